The number of hydrogen-bond donors (Lipinski definition) is 1. The van der Waals surface area contributed by atoms with Crippen molar-refractivity contribution in [3.8, 4) is 0 Å². The van der Waals surface area contributed by atoms with Crippen LogP contribution in [0.4, 0.5) is 0 Å². The van der Waals surface area contributed by atoms with Crippen LogP contribution in [0.25, 0.3) is 0 Å². The highest BCUT2D eigenvalue weighted by Crippen LogP contribution is 2.16. The van der Waals surface area contributed by atoms with E-state index in [2.05, 4.69) is 17.1 Å². The normalized spacial score (nSPS) is 22.6. The van der Waals surface area contributed by atoms with Crippen molar-refractivity contribution in [1.29, 1.82) is 0 Å². The summed E-state index contributed by atoms with van der Waals surface area (Å²) in [5.41, 5.74) is 0. The minimum absolute atomic E-state index is 0.0901. The zero-order valence-electron chi connectivity index (χ0n) is 9.38. The van der Waals surface area contributed by atoms with Gasteiger partial charge in [-0.1, -0.05) is 13.3 Å². The van der Waals surface area contributed by atoms with Crippen LogP contribution in [0.5, 0.6) is 0 Å². The van der Waals surface area contributed by atoms with Gasteiger partial charge >= 0.3 is 0 Å². The van der Waals surface area contributed by atoms with Crippen molar-refractivity contribution in [3.63, 3.8) is 0 Å². The number of hydrogen-bond acceptors (Lipinski definition) is 2. The maximum atomic E-state index is 10.8. The third-order valence-corrected chi connectivity index (χ3v) is 2.88. The van der Waals surface area contributed by atoms with Crippen molar-refractivity contribution in [3.05, 3.63) is 0 Å². The highest BCUT2D eigenvalue weighted by atomic mass is 16.1. The lowest BCUT2D eigenvalue weighted by Gasteiger charge is -2.24. The van der Waals surface area contributed by atoms with Crippen molar-refractivity contribution < 1.29 is 4.79 Å². The van der Waals surface area contributed by atoms with Gasteiger partial charge in [-0.15, -0.1) is 0 Å². The predicted molar refractivity (Wildman–Crippen MR) is 58.2 cm³/mol. The standard InChI is InChI=1S/C11H22N2O/c1-3-4-7-13-8-5-6-11(13)9-12-10(2)14/h11H,3-9H2,1-2H3,(H,12,14). The van der Waals surface area contributed by atoms with Crippen LogP contribution in [0.2, 0.25) is 0 Å². The summed E-state index contributed by atoms with van der Waals surface area (Å²) >= 11 is 0. The Morgan fingerprint density at radius 1 is 1.57 bits per heavy atom. The van der Waals surface area contributed by atoms with E-state index in [1.54, 1.807) is 6.92 Å². The molecule has 3 nitrogen and oxygen atoms in total. The van der Waals surface area contributed by atoms with Gasteiger partial charge in [-0.2, -0.15) is 0 Å². The van der Waals surface area contributed by atoms with E-state index in [4.69, 9.17) is 0 Å². The molecule has 0 aromatic rings. The first-order valence-electron chi connectivity index (χ1n) is 5.72. The second-order valence-electron chi connectivity index (χ2n) is 4.12. The summed E-state index contributed by atoms with van der Waals surface area (Å²) in [5.74, 6) is 0.0901. The van der Waals surface area contributed by atoms with E-state index in [1.165, 1.54) is 38.8 Å². The van der Waals surface area contributed by atoms with Crippen molar-refractivity contribution in [2.75, 3.05) is 19.6 Å². The van der Waals surface area contributed by atoms with Gasteiger partial charge < -0.3 is 5.32 Å². The quantitative estimate of drug-likeness (QED) is 0.724. The summed E-state index contributed by atoms with van der Waals surface area (Å²) in [6, 6.07) is 0.588. The summed E-state index contributed by atoms with van der Waals surface area (Å²) in [5, 5.41) is 2.91. The van der Waals surface area contributed by atoms with Crippen LogP contribution in [0, 0.1) is 0 Å². The lowest BCUT2D eigenvalue weighted by Crippen LogP contribution is -2.39. The van der Waals surface area contributed by atoms with Gasteiger partial charge in [0, 0.05) is 19.5 Å². The van der Waals surface area contributed by atoms with Gasteiger partial charge in [0.15, 0.2) is 0 Å². The topological polar surface area (TPSA) is 32.3 Å². The Bertz CT molecular complexity index is 182. The van der Waals surface area contributed by atoms with Crippen LogP contribution in [-0.2, 0) is 4.79 Å². The molecule has 0 aliphatic carbocycles. The highest BCUT2D eigenvalue weighted by molar-refractivity contribution is 5.72. The first-order chi connectivity index (χ1) is 6.74. The minimum Gasteiger partial charge on any atom is -0.355 e. The van der Waals surface area contributed by atoms with Gasteiger partial charge in [-0.25, -0.2) is 0 Å². The Balaban J connectivity index is 2.24. The molecule has 1 atom stereocenters. The number of rotatable bonds is 5. The predicted octanol–water partition coefficient (Wildman–Crippen LogP) is 1.39. The number of unbranched alkanes of at least 4 members (excludes halogenated alkanes) is 1. The third-order valence-electron chi connectivity index (χ3n) is 2.88. The van der Waals surface area contributed by atoms with E-state index in [0.717, 1.165) is 6.54 Å². The van der Waals surface area contributed by atoms with Crippen molar-refractivity contribution in [2.45, 2.75) is 45.6 Å². The molecule has 0 bridgehead atoms. The molecule has 1 unspecified atom stereocenters. The molecule has 1 heterocycles. The van der Waals surface area contributed by atoms with E-state index >= 15 is 0 Å². The minimum atomic E-state index is 0.0901. The third kappa shape index (κ3) is 3.66. The van der Waals surface area contributed by atoms with E-state index in [9.17, 15) is 4.79 Å². The van der Waals surface area contributed by atoms with Gasteiger partial charge in [0.2, 0.25) is 5.91 Å². The molecule has 1 aliphatic rings. The van der Waals surface area contributed by atoms with Gasteiger partial charge in [0.25, 0.3) is 0 Å². The highest BCUT2D eigenvalue weighted by Gasteiger charge is 2.23. The molecule has 1 rings (SSSR count). The molecule has 3 heteroatoms. The number of nitrogens with one attached hydrogen (secondary N) is 1. The summed E-state index contributed by atoms with van der Waals surface area (Å²) < 4.78 is 0. The molecule has 0 saturated carbocycles. The zero-order chi connectivity index (χ0) is 10.4. The van der Waals surface area contributed by atoms with Crippen LogP contribution < -0.4 is 5.32 Å². The molecular weight excluding hydrogens is 176 g/mol. The molecule has 1 N–H and O–H groups in total. The smallest absolute Gasteiger partial charge is 0.216 e. The van der Waals surface area contributed by atoms with Crippen LogP contribution in [0.1, 0.15) is 39.5 Å². The van der Waals surface area contributed by atoms with Gasteiger partial charge in [0.1, 0.15) is 0 Å². The Labute approximate surface area is 86.9 Å². The summed E-state index contributed by atoms with van der Waals surface area (Å²) in [6.45, 7) is 7.05. The van der Waals surface area contributed by atoms with Crippen LogP contribution in [0.15, 0.2) is 0 Å². The number of carbonyl (C=O) groups excluding carboxylic acids is 1. The number of carbonyl (C=O) groups is 1. The SMILES string of the molecule is CCCCN1CCCC1CNC(C)=O. The van der Waals surface area contributed by atoms with Gasteiger partial charge in [0.05, 0.1) is 0 Å². The second-order valence-corrected chi connectivity index (χ2v) is 4.12. The van der Waals surface area contributed by atoms with E-state index in [-0.39, 0.29) is 5.91 Å². The fraction of sp³-hybridized carbons (Fsp3) is 0.909. The Morgan fingerprint density at radius 3 is 3.00 bits per heavy atom. The average Bonchev–Trinajstić information content (AvgIpc) is 2.58. The molecule has 1 amide bonds. The molecule has 1 saturated heterocycles. The largest absolute Gasteiger partial charge is 0.355 e. The molecule has 0 spiro atoms. The summed E-state index contributed by atoms with van der Waals surface area (Å²) in [4.78, 5) is 13.3. The lowest BCUT2D eigenvalue weighted by atomic mass is 10.2. The molecule has 0 aromatic heterocycles. The Morgan fingerprint density at radius 2 is 2.36 bits per heavy atom. The van der Waals surface area contributed by atoms with E-state index in [1.807, 2.05) is 0 Å². The van der Waals surface area contributed by atoms with Gasteiger partial charge in [-0.3, -0.25) is 9.69 Å². The fourth-order valence-electron chi connectivity index (χ4n) is 2.04. The number of nitrogens with zero attached hydrogens (tertiary/aromatic N) is 1. The molecule has 82 valence electrons. The van der Waals surface area contributed by atoms with Crippen molar-refractivity contribution >= 4 is 5.91 Å². The molecular formula is C11H22N2O. The van der Waals surface area contributed by atoms with Gasteiger partial charge in [-0.05, 0) is 32.4 Å². The van der Waals surface area contributed by atoms with Crippen LogP contribution in [0.3, 0.4) is 0 Å². The van der Waals surface area contributed by atoms with E-state index < -0.39 is 0 Å². The van der Waals surface area contributed by atoms with E-state index in [0.29, 0.717) is 6.04 Å². The second kappa shape index (κ2) is 6.02. The molecule has 14 heavy (non-hydrogen) atoms. The van der Waals surface area contributed by atoms with Crippen molar-refractivity contribution in [1.82, 2.24) is 10.2 Å². The zero-order valence-corrected chi connectivity index (χ0v) is 9.38. The molecule has 1 aliphatic heterocycles. The lowest BCUT2D eigenvalue weighted by molar-refractivity contribution is -0.119. The molecule has 0 radical (unpaired) electrons. The maximum Gasteiger partial charge on any atom is 0.216 e. The number of likely N-dealkylation sites (tertiary alicyclic amines) is 1. The summed E-state index contributed by atoms with van der Waals surface area (Å²) in [6.07, 6.45) is 5.05. The first-order valence-corrected chi connectivity index (χ1v) is 5.72. The molecule has 1 fully saturated rings. The van der Waals surface area contributed by atoms with Crippen molar-refractivity contribution in [2.24, 2.45) is 0 Å². The monoisotopic (exact) mass is 198 g/mol. The van der Waals surface area contributed by atoms with Crippen LogP contribution >= 0.6 is 0 Å². The molecule has 0 aromatic carbocycles. The van der Waals surface area contributed by atoms with Crippen LogP contribution in [-0.4, -0.2) is 36.5 Å². The Hall–Kier alpha value is -0.570. The Kier molecular flexibility index (Phi) is 4.94. The average molecular weight is 198 g/mol. The number of amides is 1. The first kappa shape index (κ1) is 11.5. The maximum absolute atomic E-state index is 10.8. The summed E-state index contributed by atoms with van der Waals surface area (Å²) in [7, 11) is 0. The fourth-order valence-corrected chi connectivity index (χ4v) is 2.04.